The van der Waals surface area contributed by atoms with Crippen LogP contribution in [0.1, 0.15) is 27.4 Å². The molecular formula is C22H20IN7O2. The Hall–Kier alpha value is -3.54. The number of carbonyl (C=O) groups is 1. The third-order valence-corrected chi connectivity index (χ3v) is 5.04. The zero-order valence-electron chi connectivity index (χ0n) is 17.4. The largest absolute Gasteiger partial charge is 0.428 e. The van der Waals surface area contributed by atoms with Gasteiger partial charge >= 0.3 is 0 Å². The molecule has 0 unspecified atom stereocenters. The van der Waals surface area contributed by atoms with E-state index in [1.807, 2.05) is 73.3 Å². The molecule has 1 aromatic carbocycles. The van der Waals surface area contributed by atoms with Gasteiger partial charge in [-0.25, -0.2) is 9.97 Å². The lowest BCUT2D eigenvalue weighted by Gasteiger charge is -2.08. The molecule has 0 radical (unpaired) electrons. The average molecular weight is 541 g/mol. The van der Waals surface area contributed by atoms with Gasteiger partial charge in [-0.15, -0.1) is 0 Å². The summed E-state index contributed by atoms with van der Waals surface area (Å²) in [5.74, 6) is 2.31. The summed E-state index contributed by atoms with van der Waals surface area (Å²) in [6.45, 7) is 4.21. The summed E-state index contributed by atoms with van der Waals surface area (Å²) in [4.78, 5) is 25.8. The number of amides is 1. The van der Waals surface area contributed by atoms with Crippen LogP contribution in [0.25, 0.3) is 11.4 Å². The number of aryl methyl sites for hydroxylation is 2. The van der Waals surface area contributed by atoms with Crippen molar-refractivity contribution >= 4 is 40.5 Å². The lowest BCUT2D eigenvalue weighted by Crippen LogP contribution is -2.23. The van der Waals surface area contributed by atoms with Gasteiger partial charge in [-0.05, 0) is 43.7 Å². The Morgan fingerprint density at radius 2 is 1.88 bits per heavy atom. The van der Waals surface area contributed by atoms with Crippen molar-refractivity contribution in [2.45, 2.75) is 20.4 Å². The minimum atomic E-state index is -0.257. The normalized spacial score (nSPS) is 10.6. The van der Waals surface area contributed by atoms with E-state index in [4.69, 9.17) is 3.07 Å². The first-order valence-corrected chi connectivity index (χ1v) is 10.6. The van der Waals surface area contributed by atoms with Crippen LogP contribution >= 0.6 is 23.0 Å². The molecule has 10 heteroatoms. The van der Waals surface area contributed by atoms with E-state index in [1.165, 1.54) is 0 Å². The minimum Gasteiger partial charge on any atom is -0.428 e. The Balaban J connectivity index is 1.43. The summed E-state index contributed by atoms with van der Waals surface area (Å²) < 4.78 is 5.11. The van der Waals surface area contributed by atoms with E-state index in [-0.39, 0.29) is 5.91 Å². The highest BCUT2D eigenvalue weighted by Crippen LogP contribution is 2.20. The molecule has 3 heterocycles. The van der Waals surface area contributed by atoms with Gasteiger partial charge in [0, 0.05) is 41.8 Å². The van der Waals surface area contributed by atoms with Gasteiger partial charge in [-0.1, -0.05) is 12.1 Å². The van der Waals surface area contributed by atoms with Gasteiger partial charge in [-0.3, -0.25) is 14.9 Å². The van der Waals surface area contributed by atoms with Crippen LogP contribution < -0.4 is 13.7 Å². The van der Waals surface area contributed by atoms with Crippen LogP contribution in [0.2, 0.25) is 0 Å². The predicted molar refractivity (Wildman–Crippen MR) is 129 cm³/mol. The number of pyridine rings is 1. The molecule has 0 spiro atoms. The fraction of sp³-hybridized carbons (Fsp3) is 0.136. The van der Waals surface area contributed by atoms with Crippen LogP contribution in [-0.4, -0.2) is 31.1 Å². The Labute approximate surface area is 198 Å². The quantitative estimate of drug-likeness (QED) is 0.299. The topological polar surface area (TPSA) is 118 Å². The monoisotopic (exact) mass is 541 g/mol. The van der Waals surface area contributed by atoms with Crippen molar-refractivity contribution in [2.75, 3.05) is 5.32 Å². The second-order valence-electron chi connectivity index (χ2n) is 7.12. The maximum Gasteiger partial charge on any atom is 0.270 e. The number of nitrogens with zero attached hydrogens (tertiary/aromatic N) is 4. The summed E-state index contributed by atoms with van der Waals surface area (Å²) in [6, 6.07) is 14.7. The molecule has 0 aliphatic carbocycles. The molecule has 0 bridgehead atoms. The lowest BCUT2D eigenvalue weighted by atomic mass is 10.2. The highest BCUT2D eigenvalue weighted by Gasteiger charge is 2.11. The van der Waals surface area contributed by atoms with Crippen molar-refractivity contribution in [1.82, 2.24) is 30.5 Å². The molecule has 3 aromatic heterocycles. The number of aromatic amines is 1. The molecule has 1 amide bonds. The zero-order valence-corrected chi connectivity index (χ0v) is 19.5. The van der Waals surface area contributed by atoms with Crippen LogP contribution in [0.3, 0.4) is 0 Å². The van der Waals surface area contributed by atoms with Crippen LogP contribution in [0, 0.1) is 13.8 Å². The summed E-state index contributed by atoms with van der Waals surface area (Å²) in [6.07, 6.45) is 1.60. The summed E-state index contributed by atoms with van der Waals surface area (Å²) >= 11 is 1.83. The van der Waals surface area contributed by atoms with E-state index < -0.39 is 0 Å². The zero-order chi connectivity index (χ0) is 22.5. The van der Waals surface area contributed by atoms with Gasteiger partial charge in [0.15, 0.2) is 34.6 Å². The van der Waals surface area contributed by atoms with Gasteiger partial charge in [0.2, 0.25) is 0 Å². The molecule has 9 nitrogen and oxygen atoms in total. The van der Waals surface area contributed by atoms with E-state index in [0.717, 1.165) is 22.7 Å². The highest BCUT2D eigenvalue weighted by atomic mass is 127. The Bertz CT molecular complexity index is 1220. The Morgan fingerprint density at radius 1 is 1.06 bits per heavy atom. The number of hydrogen-bond donors (Lipinski definition) is 3. The van der Waals surface area contributed by atoms with E-state index in [2.05, 4.69) is 35.8 Å². The number of nitrogens with one attached hydrogen (secondary N) is 3. The van der Waals surface area contributed by atoms with Crippen LogP contribution in [0.4, 0.5) is 11.6 Å². The Morgan fingerprint density at radius 3 is 2.53 bits per heavy atom. The molecule has 4 rings (SSSR count). The minimum absolute atomic E-state index is 0.257. The van der Waals surface area contributed by atoms with Crippen molar-refractivity contribution < 1.29 is 7.86 Å². The maximum absolute atomic E-state index is 12.5. The van der Waals surface area contributed by atoms with Crippen molar-refractivity contribution in [3.05, 3.63) is 77.4 Å². The summed E-state index contributed by atoms with van der Waals surface area (Å²) in [5.41, 5.74) is 3.74. The standard InChI is InChI=1S/C22H20IN7O2/c1-13-9-19(27-20-10-14(2)29-30-20)28-21(26-13)16-5-8-18(24-12-16)22(31)25-11-15-3-6-17(32-23)7-4-15/h3-10,12H,11H2,1-2H3,(H,25,31)(H2,26,27,28,29,30). The fourth-order valence-corrected chi connectivity index (χ4v) is 3.26. The second-order valence-corrected chi connectivity index (χ2v) is 7.56. The lowest BCUT2D eigenvalue weighted by molar-refractivity contribution is 0.0946. The van der Waals surface area contributed by atoms with Gasteiger partial charge in [0.25, 0.3) is 5.91 Å². The van der Waals surface area contributed by atoms with Crippen LogP contribution in [0.15, 0.2) is 54.7 Å². The first kappa shape index (κ1) is 21.7. The molecule has 32 heavy (non-hydrogen) atoms. The van der Waals surface area contributed by atoms with Gasteiger partial charge in [-0.2, -0.15) is 5.10 Å². The maximum atomic E-state index is 12.5. The van der Waals surface area contributed by atoms with Crippen molar-refractivity contribution in [3.8, 4) is 17.1 Å². The smallest absolute Gasteiger partial charge is 0.270 e. The average Bonchev–Trinajstić information content (AvgIpc) is 3.22. The number of H-pyrrole nitrogens is 1. The van der Waals surface area contributed by atoms with Crippen molar-refractivity contribution in [2.24, 2.45) is 0 Å². The molecule has 0 aliphatic heterocycles. The SMILES string of the molecule is Cc1cc(Nc2cc(C)[nH]n2)nc(-c2ccc(C(=O)NCc3ccc(OI)cc3)nc2)n1. The van der Waals surface area contributed by atoms with Crippen LogP contribution in [0.5, 0.6) is 5.75 Å². The highest BCUT2D eigenvalue weighted by molar-refractivity contribution is 14.1. The number of halogens is 1. The van der Waals surface area contributed by atoms with Crippen molar-refractivity contribution in [3.63, 3.8) is 0 Å². The molecule has 0 fully saturated rings. The molecule has 0 aliphatic rings. The number of aromatic nitrogens is 5. The fourth-order valence-electron chi connectivity index (χ4n) is 2.97. The van der Waals surface area contributed by atoms with Crippen molar-refractivity contribution in [1.29, 1.82) is 0 Å². The molecule has 4 aromatic rings. The molecule has 0 atom stereocenters. The number of carbonyl (C=O) groups excluding carboxylic acids is 1. The summed E-state index contributed by atoms with van der Waals surface area (Å²) in [5, 5.41) is 13.1. The molecule has 3 N–H and O–H groups in total. The second kappa shape index (κ2) is 9.73. The molecule has 162 valence electrons. The van der Waals surface area contributed by atoms with E-state index in [9.17, 15) is 4.79 Å². The van der Waals surface area contributed by atoms with Crippen LogP contribution in [-0.2, 0) is 6.54 Å². The van der Waals surface area contributed by atoms with Gasteiger partial charge < -0.3 is 13.7 Å². The first-order chi connectivity index (χ1) is 15.5. The van der Waals surface area contributed by atoms with E-state index in [1.54, 1.807) is 18.3 Å². The number of rotatable bonds is 7. The predicted octanol–water partition coefficient (Wildman–Crippen LogP) is 4.28. The number of benzene rings is 1. The third kappa shape index (κ3) is 5.38. The van der Waals surface area contributed by atoms with E-state index in [0.29, 0.717) is 35.3 Å². The molecule has 0 saturated carbocycles. The molecular weight excluding hydrogens is 521 g/mol. The Kier molecular flexibility index (Phi) is 6.59. The van der Waals surface area contributed by atoms with E-state index >= 15 is 0 Å². The van der Waals surface area contributed by atoms with Gasteiger partial charge in [0.05, 0.1) is 0 Å². The summed E-state index contributed by atoms with van der Waals surface area (Å²) in [7, 11) is 0. The first-order valence-electron chi connectivity index (χ1n) is 9.77. The number of hydrogen-bond acceptors (Lipinski definition) is 7. The third-order valence-electron chi connectivity index (χ3n) is 4.54. The molecule has 0 saturated heterocycles. The number of anilines is 2. The van der Waals surface area contributed by atoms with Gasteiger partial charge in [0.1, 0.15) is 17.3 Å².